The van der Waals surface area contributed by atoms with Gasteiger partial charge in [0.2, 0.25) is 0 Å². The third-order valence-corrected chi connectivity index (χ3v) is 10.5. The van der Waals surface area contributed by atoms with E-state index in [4.69, 9.17) is 0 Å². The lowest BCUT2D eigenvalue weighted by Gasteiger charge is -2.31. The standard InChI is InChI=1S/C20H44O4P/c1-5-17(21)9-13-25(14-10-18(22)6-2,15-11-19(23)7-3)16-12-20(24)8-4/h17-24H,5-16H2,1-4H3/q+1. The van der Waals surface area contributed by atoms with E-state index in [1.165, 1.54) is 0 Å². The van der Waals surface area contributed by atoms with Crippen molar-refractivity contribution in [1.82, 2.24) is 0 Å². The molecule has 4 nitrogen and oxygen atoms in total. The van der Waals surface area contributed by atoms with Crippen molar-refractivity contribution in [3.63, 3.8) is 0 Å². The summed E-state index contributed by atoms with van der Waals surface area (Å²) in [4.78, 5) is 0. The third-order valence-electron chi connectivity index (χ3n) is 5.63. The smallest absolute Gasteiger partial charge is 0.0619 e. The Morgan fingerprint density at radius 3 is 0.840 bits per heavy atom. The van der Waals surface area contributed by atoms with Gasteiger partial charge in [-0.1, -0.05) is 27.7 Å². The minimum absolute atomic E-state index is 0.261. The van der Waals surface area contributed by atoms with Crippen molar-refractivity contribution in [2.45, 2.75) is 103 Å². The molecule has 0 aliphatic rings. The SMILES string of the molecule is CCC(O)CC[P+](CCC(O)CC)(CCC(O)CC)CCC(O)CC. The lowest BCUT2D eigenvalue weighted by atomic mass is 10.2. The summed E-state index contributed by atoms with van der Waals surface area (Å²) in [5.74, 6) is 0. The second-order valence-corrected chi connectivity index (χ2v) is 12.1. The van der Waals surface area contributed by atoms with Crippen LogP contribution in [0.2, 0.25) is 0 Å². The van der Waals surface area contributed by atoms with Gasteiger partial charge in [0.05, 0.1) is 49.1 Å². The first-order valence-corrected chi connectivity index (χ1v) is 12.9. The summed E-state index contributed by atoms with van der Waals surface area (Å²) in [5, 5.41) is 40.2. The first-order valence-electron chi connectivity index (χ1n) is 10.4. The second kappa shape index (κ2) is 14.3. The van der Waals surface area contributed by atoms with Gasteiger partial charge in [0.15, 0.2) is 0 Å². The molecule has 0 amide bonds. The van der Waals surface area contributed by atoms with E-state index < -0.39 is 7.26 Å². The Balaban J connectivity index is 5.11. The predicted octanol–water partition coefficient (Wildman–Crippen LogP) is 3.65. The quantitative estimate of drug-likeness (QED) is 0.309. The van der Waals surface area contributed by atoms with Crippen molar-refractivity contribution < 1.29 is 20.4 Å². The van der Waals surface area contributed by atoms with Crippen LogP contribution in [0.4, 0.5) is 0 Å². The van der Waals surface area contributed by atoms with Gasteiger partial charge < -0.3 is 20.4 Å². The molecule has 0 fully saturated rings. The van der Waals surface area contributed by atoms with Gasteiger partial charge in [0.1, 0.15) is 0 Å². The van der Waals surface area contributed by atoms with Gasteiger partial charge in [-0.3, -0.25) is 0 Å². The first-order chi connectivity index (χ1) is 11.8. The zero-order valence-corrected chi connectivity index (χ0v) is 17.9. The molecule has 0 rings (SSSR count). The summed E-state index contributed by atoms with van der Waals surface area (Å²) in [6.07, 6.45) is 9.27. The number of rotatable bonds is 16. The molecule has 4 unspecified atom stereocenters. The fourth-order valence-corrected chi connectivity index (χ4v) is 7.90. The van der Waals surface area contributed by atoms with E-state index >= 15 is 0 Å². The molecule has 4 atom stereocenters. The third kappa shape index (κ3) is 11.6. The fourth-order valence-electron chi connectivity index (χ4n) is 3.18. The monoisotopic (exact) mass is 379 g/mol. The summed E-state index contributed by atoms with van der Waals surface area (Å²) < 4.78 is 0. The summed E-state index contributed by atoms with van der Waals surface area (Å²) in [6, 6.07) is 0. The van der Waals surface area contributed by atoms with Crippen molar-refractivity contribution in [2.75, 3.05) is 24.6 Å². The highest BCUT2D eigenvalue weighted by atomic mass is 31.2. The summed E-state index contributed by atoms with van der Waals surface area (Å²) in [6.45, 7) is 8.03. The molecule has 0 radical (unpaired) electrons. The van der Waals surface area contributed by atoms with E-state index in [0.717, 1.165) is 76.0 Å². The molecule has 25 heavy (non-hydrogen) atoms. The molecular weight excluding hydrogens is 335 g/mol. The summed E-state index contributed by atoms with van der Waals surface area (Å²) >= 11 is 0. The minimum Gasteiger partial charge on any atom is -0.393 e. The molecule has 4 N–H and O–H groups in total. The Hall–Kier alpha value is 0.270. The van der Waals surface area contributed by atoms with Crippen LogP contribution < -0.4 is 0 Å². The molecule has 0 aromatic rings. The zero-order chi connectivity index (χ0) is 19.3. The van der Waals surface area contributed by atoms with Crippen molar-refractivity contribution >= 4 is 7.26 Å². The van der Waals surface area contributed by atoms with Crippen LogP contribution in [0.1, 0.15) is 79.1 Å². The van der Waals surface area contributed by atoms with E-state index in [-0.39, 0.29) is 24.4 Å². The van der Waals surface area contributed by atoms with Crippen molar-refractivity contribution in [1.29, 1.82) is 0 Å². The fraction of sp³-hybridized carbons (Fsp3) is 1.00. The van der Waals surface area contributed by atoms with E-state index in [1.54, 1.807) is 0 Å². The molecule has 152 valence electrons. The topological polar surface area (TPSA) is 80.9 Å². The maximum Gasteiger partial charge on any atom is 0.0619 e. The van der Waals surface area contributed by atoms with Gasteiger partial charge in [-0.2, -0.15) is 0 Å². The van der Waals surface area contributed by atoms with Gasteiger partial charge in [0.25, 0.3) is 0 Å². The Labute approximate surface area is 156 Å². The maximum atomic E-state index is 10.1. The molecule has 0 aromatic heterocycles. The molecule has 0 heterocycles. The van der Waals surface area contributed by atoms with Crippen LogP contribution in [0.25, 0.3) is 0 Å². The normalized spacial score (nSPS) is 19.2. The van der Waals surface area contributed by atoms with Gasteiger partial charge in [-0.15, -0.1) is 0 Å². The Kier molecular flexibility index (Phi) is 14.5. The molecule has 5 heteroatoms. The Morgan fingerprint density at radius 1 is 0.480 bits per heavy atom. The molecular formula is C20H44O4P+. The lowest BCUT2D eigenvalue weighted by Crippen LogP contribution is -2.23. The van der Waals surface area contributed by atoms with Crippen LogP contribution in [-0.2, 0) is 0 Å². The Bertz CT molecular complexity index is 253. The molecule has 0 aliphatic carbocycles. The predicted molar refractivity (Wildman–Crippen MR) is 110 cm³/mol. The highest BCUT2D eigenvalue weighted by Gasteiger charge is 2.38. The van der Waals surface area contributed by atoms with E-state index in [1.807, 2.05) is 27.7 Å². The number of hydrogen-bond donors (Lipinski definition) is 4. The number of aliphatic hydroxyl groups excluding tert-OH is 4. The molecule has 0 aromatic carbocycles. The average molecular weight is 380 g/mol. The van der Waals surface area contributed by atoms with Crippen LogP contribution in [-0.4, -0.2) is 69.5 Å². The minimum atomic E-state index is -1.40. The summed E-state index contributed by atoms with van der Waals surface area (Å²) in [7, 11) is -1.40. The largest absolute Gasteiger partial charge is 0.393 e. The summed E-state index contributed by atoms with van der Waals surface area (Å²) in [5.41, 5.74) is 0. The molecule has 0 saturated heterocycles. The lowest BCUT2D eigenvalue weighted by molar-refractivity contribution is 0.162. The first kappa shape index (κ1) is 25.3. The van der Waals surface area contributed by atoms with Crippen molar-refractivity contribution in [3.8, 4) is 0 Å². The molecule has 0 aliphatic heterocycles. The molecule has 0 saturated carbocycles. The van der Waals surface area contributed by atoms with Crippen molar-refractivity contribution in [3.05, 3.63) is 0 Å². The van der Waals surface area contributed by atoms with Gasteiger partial charge >= 0.3 is 0 Å². The maximum absolute atomic E-state index is 10.1. The average Bonchev–Trinajstić information content (AvgIpc) is 2.65. The molecule has 0 spiro atoms. The van der Waals surface area contributed by atoms with Crippen molar-refractivity contribution in [2.24, 2.45) is 0 Å². The number of aliphatic hydroxyl groups is 4. The second-order valence-electron chi connectivity index (χ2n) is 7.64. The highest BCUT2D eigenvalue weighted by molar-refractivity contribution is 7.75. The van der Waals surface area contributed by atoms with E-state index in [0.29, 0.717) is 0 Å². The van der Waals surface area contributed by atoms with Crippen LogP contribution in [0, 0.1) is 0 Å². The molecule has 0 bridgehead atoms. The van der Waals surface area contributed by atoms with Crippen LogP contribution in [0.5, 0.6) is 0 Å². The van der Waals surface area contributed by atoms with Gasteiger partial charge in [0, 0.05) is 32.9 Å². The highest BCUT2D eigenvalue weighted by Crippen LogP contribution is 2.61. The van der Waals surface area contributed by atoms with Crippen LogP contribution in [0.3, 0.4) is 0 Å². The van der Waals surface area contributed by atoms with E-state index in [2.05, 4.69) is 0 Å². The van der Waals surface area contributed by atoms with Gasteiger partial charge in [-0.25, -0.2) is 0 Å². The van der Waals surface area contributed by atoms with Gasteiger partial charge in [-0.05, 0) is 25.7 Å². The van der Waals surface area contributed by atoms with Crippen LogP contribution in [0.15, 0.2) is 0 Å². The van der Waals surface area contributed by atoms with E-state index in [9.17, 15) is 20.4 Å². The number of hydrogen-bond acceptors (Lipinski definition) is 4. The zero-order valence-electron chi connectivity index (χ0n) is 17.0. The van der Waals surface area contributed by atoms with Crippen LogP contribution >= 0.6 is 7.26 Å². The Morgan fingerprint density at radius 2 is 0.680 bits per heavy atom.